The van der Waals surface area contributed by atoms with Gasteiger partial charge < -0.3 is 30.7 Å². The summed E-state index contributed by atoms with van der Waals surface area (Å²) in [5.74, 6) is 6.38. The minimum absolute atomic E-state index is 0.541. The van der Waals surface area contributed by atoms with E-state index in [1.54, 1.807) is 0 Å². The van der Waals surface area contributed by atoms with E-state index in [-0.39, 0.29) is 0 Å². The highest BCUT2D eigenvalue weighted by molar-refractivity contribution is 6.15. The van der Waals surface area contributed by atoms with E-state index in [9.17, 15) is 0 Å². The fraction of sp³-hybridized carbons (Fsp3) is 0.478. The van der Waals surface area contributed by atoms with Crippen LogP contribution >= 0.6 is 0 Å². The predicted octanol–water partition coefficient (Wildman–Crippen LogP) is 1.23. The van der Waals surface area contributed by atoms with Crippen molar-refractivity contribution in [1.29, 1.82) is 0 Å². The van der Waals surface area contributed by atoms with Crippen LogP contribution in [0, 0.1) is 6.92 Å². The molecular weight excluding hydrogens is 408 g/mol. The second-order valence-corrected chi connectivity index (χ2v) is 8.02. The number of nitrogens with zero attached hydrogens (tertiary/aromatic N) is 4. The van der Waals surface area contributed by atoms with Crippen molar-refractivity contribution in [2.24, 2.45) is 10.9 Å². The Morgan fingerprint density at radius 3 is 2.50 bits per heavy atom. The lowest BCUT2D eigenvalue weighted by Gasteiger charge is -2.29. The van der Waals surface area contributed by atoms with E-state index in [4.69, 9.17) is 30.8 Å². The second kappa shape index (κ2) is 10.6. The molecule has 32 heavy (non-hydrogen) atoms. The van der Waals surface area contributed by atoms with Gasteiger partial charge in [-0.3, -0.25) is 4.90 Å². The first-order valence-electron chi connectivity index (χ1n) is 11.1. The van der Waals surface area contributed by atoms with Crippen molar-refractivity contribution >= 4 is 17.1 Å². The zero-order valence-corrected chi connectivity index (χ0v) is 18.6. The quantitative estimate of drug-likeness (QED) is 0.286. The number of nitrogen functional groups attached to an aromatic ring is 1. The van der Waals surface area contributed by atoms with E-state index in [0.29, 0.717) is 42.8 Å². The van der Waals surface area contributed by atoms with Gasteiger partial charge >= 0.3 is 0 Å². The lowest BCUT2D eigenvalue weighted by atomic mass is 10.0. The summed E-state index contributed by atoms with van der Waals surface area (Å²) in [6, 6.07) is 9.77. The molecule has 0 radical (unpaired) electrons. The summed E-state index contributed by atoms with van der Waals surface area (Å²) in [5.41, 5.74) is 10.9. The van der Waals surface area contributed by atoms with Gasteiger partial charge in [0.25, 0.3) is 0 Å². The number of aryl methyl sites for hydroxylation is 1. The summed E-state index contributed by atoms with van der Waals surface area (Å²) in [5, 5.41) is 4.06. The third-order valence-electron chi connectivity index (χ3n) is 5.76. The normalized spacial score (nSPS) is 18.0. The number of benzene rings is 1. The van der Waals surface area contributed by atoms with Crippen LogP contribution in [0.15, 0.2) is 35.4 Å². The van der Waals surface area contributed by atoms with Crippen LogP contribution in [0.25, 0.3) is 0 Å². The third kappa shape index (κ3) is 5.48. The molecule has 0 saturated carbocycles. The lowest BCUT2D eigenvalue weighted by Crippen LogP contribution is -2.38. The molecule has 0 aliphatic carbocycles. The fourth-order valence-electron chi connectivity index (χ4n) is 3.94. The standard InChI is InChI=1S/C23H32N6O3/c1-17-2-3-20(24)19(14-17)23(27-25)21-15-18(29-7-11-31-12-8-29)16-22(26-21)32-13-6-28-4-9-30-10-5-28/h2-3,14-16H,4-13,24-25H2,1H3/b27-23+. The zero-order chi connectivity index (χ0) is 22.3. The van der Waals surface area contributed by atoms with Crippen LogP contribution in [0.5, 0.6) is 5.88 Å². The first-order chi connectivity index (χ1) is 15.6. The summed E-state index contributed by atoms with van der Waals surface area (Å²) in [6.07, 6.45) is 0. The molecule has 2 aliphatic rings. The molecule has 2 saturated heterocycles. The number of nitrogens with two attached hydrogens (primary N) is 2. The number of aromatic nitrogens is 1. The average Bonchev–Trinajstić information content (AvgIpc) is 2.83. The van der Waals surface area contributed by atoms with Gasteiger partial charge in [-0.25, -0.2) is 4.98 Å². The summed E-state index contributed by atoms with van der Waals surface area (Å²) >= 11 is 0. The van der Waals surface area contributed by atoms with Crippen molar-refractivity contribution in [3.8, 4) is 5.88 Å². The van der Waals surface area contributed by atoms with E-state index in [1.807, 2.05) is 37.3 Å². The van der Waals surface area contributed by atoms with E-state index in [0.717, 1.165) is 62.8 Å². The molecule has 172 valence electrons. The van der Waals surface area contributed by atoms with Gasteiger partial charge in [0, 0.05) is 55.7 Å². The molecular formula is C23H32N6O3. The molecule has 4 rings (SSSR count). The van der Waals surface area contributed by atoms with Gasteiger partial charge in [0.05, 0.1) is 32.1 Å². The Morgan fingerprint density at radius 2 is 1.78 bits per heavy atom. The van der Waals surface area contributed by atoms with Crippen molar-refractivity contribution in [2.75, 3.05) is 76.4 Å². The second-order valence-electron chi connectivity index (χ2n) is 8.02. The monoisotopic (exact) mass is 440 g/mol. The molecule has 0 spiro atoms. The molecule has 1 aromatic carbocycles. The Kier molecular flexibility index (Phi) is 7.41. The maximum absolute atomic E-state index is 6.25. The molecule has 3 heterocycles. The van der Waals surface area contributed by atoms with E-state index < -0.39 is 0 Å². The summed E-state index contributed by atoms with van der Waals surface area (Å²) in [6.45, 7) is 9.74. The Hall–Kier alpha value is -2.88. The van der Waals surface area contributed by atoms with Crippen molar-refractivity contribution in [3.63, 3.8) is 0 Å². The average molecular weight is 441 g/mol. The van der Waals surface area contributed by atoms with Gasteiger partial charge in [-0.15, -0.1) is 0 Å². The number of hydrogen-bond acceptors (Lipinski definition) is 9. The largest absolute Gasteiger partial charge is 0.476 e. The number of hydrazone groups is 1. The Bertz CT molecular complexity index is 939. The maximum atomic E-state index is 6.25. The van der Waals surface area contributed by atoms with Crippen LogP contribution in [0.2, 0.25) is 0 Å². The maximum Gasteiger partial charge on any atom is 0.215 e. The Balaban J connectivity index is 1.60. The number of anilines is 2. The lowest BCUT2D eigenvalue weighted by molar-refractivity contribution is 0.0320. The molecule has 0 amide bonds. The summed E-state index contributed by atoms with van der Waals surface area (Å²) in [4.78, 5) is 9.33. The van der Waals surface area contributed by atoms with E-state index in [2.05, 4.69) is 14.9 Å². The van der Waals surface area contributed by atoms with Crippen molar-refractivity contribution in [3.05, 3.63) is 47.2 Å². The minimum atomic E-state index is 0.541. The topological polar surface area (TPSA) is 111 Å². The Labute approximate surface area is 188 Å². The van der Waals surface area contributed by atoms with Gasteiger partial charge in [0.15, 0.2) is 0 Å². The zero-order valence-electron chi connectivity index (χ0n) is 18.6. The molecule has 2 aliphatic heterocycles. The highest BCUT2D eigenvalue weighted by atomic mass is 16.5. The van der Waals surface area contributed by atoms with Crippen molar-refractivity contribution < 1.29 is 14.2 Å². The molecule has 2 aromatic rings. The van der Waals surface area contributed by atoms with E-state index in [1.165, 1.54) is 0 Å². The molecule has 0 atom stereocenters. The van der Waals surface area contributed by atoms with Crippen LogP contribution in [-0.2, 0) is 9.47 Å². The van der Waals surface area contributed by atoms with Crippen molar-refractivity contribution in [1.82, 2.24) is 9.88 Å². The molecule has 0 unspecified atom stereocenters. The van der Waals surface area contributed by atoms with E-state index >= 15 is 0 Å². The minimum Gasteiger partial charge on any atom is -0.476 e. The highest BCUT2D eigenvalue weighted by Crippen LogP contribution is 2.26. The molecule has 2 fully saturated rings. The fourth-order valence-corrected chi connectivity index (χ4v) is 3.94. The molecule has 9 nitrogen and oxygen atoms in total. The molecule has 4 N–H and O–H groups in total. The SMILES string of the molecule is Cc1ccc(N)c(/C(=N\N)c2cc(N3CCOCC3)cc(OCCN3CCOCC3)n2)c1. The predicted molar refractivity (Wildman–Crippen MR) is 125 cm³/mol. The van der Waals surface area contributed by atoms with Crippen LogP contribution in [0.3, 0.4) is 0 Å². The third-order valence-corrected chi connectivity index (χ3v) is 5.76. The van der Waals surface area contributed by atoms with Gasteiger partial charge in [0.2, 0.25) is 5.88 Å². The van der Waals surface area contributed by atoms with Crippen LogP contribution in [-0.4, -0.2) is 81.4 Å². The van der Waals surface area contributed by atoms with Gasteiger partial charge in [0.1, 0.15) is 12.3 Å². The molecule has 0 bridgehead atoms. The first-order valence-corrected chi connectivity index (χ1v) is 11.1. The van der Waals surface area contributed by atoms with Crippen LogP contribution in [0.4, 0.5) is 11.4 Å². The number of morpholine rings is 2. The number of pyridine rings is 1. The van der Waals surface area contributed by atoms with Crippen molar-refractivity contribution in [2.45, 2.75) is 6.92 Å². The van der Waals surface area contributed by atoms with Crippen LogP contribution < -0.4 is 21.2 Å². The molecule has 1 aromatic heterocycles. The number of rotatable bonds is 7. The smallest absolute Gasteiger partial charge is 0.215 e. The molecule has 9 heteroatoms. The van der Waals surface area contributed by atoms with Crippen LogP contribution in [0.1, 0.15) is 16.8 Å². The van der Waals surface area contributed by atoms with Gasteiger partial charge in [-0.1, -0.05) is 11.6 Å². The van der Waals surface area contributed by atoms with Gasteiger partial charge in [-0.05, 0) is 25.1 Å². The number of hydrogen-bond donors (Lipinski definition) is 2. The summed E-state index contributed by atoms with van der Waals surface area (Å²) < 4.78 is 17.0. The number of ether oxygens (including phenoxy) is 3. The highest BCUT2D eigenvalue weighted by Gasteiger charge is 2.19. The van der Waals surface area contributed by atoms with Gasteiger partial charge in [-0.2, -0.15) is 5.10 Å². The first kappa shape index (κ1) is 22.3. The Morgan fingerprint density at radius 1 is 1.06 bits per heavy atom. The summed E-state index contributed by atoms with van der Waals surface area (Å²) in [7, 11) is 0.